The molecule has 0 aliphatic heterocycles. The molecular formula is C15H16FNO. The molecule has 2 N–H and O–H groups in total. The van der Waals surface area contributed by atoms with Crippen LogP contribution in [0.3, 0.4) is 0 Å². The van der Waals surface area contributed by atoms with Crippen molar-refractivity contribution in [2.75, 3.05) is 11.9 Å². The van der Waals surface area contributed by atoms with Gasteiger partial charge in [-0.05, 0) is 42.3 Å². The fourth-order valence-corrected chi connectivity index (χ4v) is 1.85. The minimum absolute atomic E-state index is 0.264. The molecule has 2 nitrogen and oxygen atoms in total. The number of aliphatic hydroxyl groups is 1. The quantitative estimate of drug-likeness (QED) is 0.866. The Hall–Kier alpha value is -1.87. The number of aliphatic hydroxyl groups excluding tert-OH is 1. The number of hydrogen-bond donors (Lipinski definition) is 2. The minimum atomic E-state index is -0.573. The SMILES string of the molecule is Cc1ccccc1C(O)CNc1ccc(F)cc1. The summed E-state index contributed by atoms with van der Waals surface area (Å²) in [4.78, 5) is 0. The highest BCUT2D eigenvalue weighted by atomic mass is 19.1. The van der Waals surface area contributed by atoms with Crippen molar-refractivity contribution in [3.05, 3.63) is 65.5 Å². The van der Waals surface area contributed by atoms with E-state index in [9.17, 15) is 9.50 Å². The zero-order chi connectivity index (χ0) is 13.0. The summed E-state index contributed by atoms with van der Waals surface area (Å²) in [5, 5.41) is 13.2. The predicted octanol–water partition coefficient (Wildman–Crippen LogP) is 3.28. The largest absolute Gasteiger partial charge is 0.387 e. The Morgan fingerprint density at radius 3 is 2.44 bits per heavy atom. The zero-order valence-corrected chi connectivity index (χ0v) is 10.2. The molecule has 0 fully saturated rings. The van der Waals surface area contributed by atoms with Crippen molar-refractivity contribution in [1.29, 1.82) is 0 Å². The zero-order valence-electron chi connectivity index (χ0n) is 10.2. The standard InChI is InChI=1S/C15H16FNO/c1-11-4-2-3-5-14(11)15(18)10-17-13-8-6-12(16)7-9-13/h2-9,15,17-18H,10H2,1H3. The molecule has 0 spiro atoms. The summed E-state index contributed by atoms with van der Waals surface area (Å²) in [6.45, 7) is 2.37. The van der Waals surface area contributed by atoms with Gasteiger partial charge >= 0.3 is 0 Å². The summed E-state index contributed by atoms with van der Waals surface area (Å²) < 4.78 is 12.7. The maximum absolute atomic E-state index is 12.7. The first-order valence-electron chi connectivity index (χ1n) is 5.90. The van der Waals surface area contributed by atoms with Gasteiger partial charge in [-0.2, -0.15) is 0 Å². The molecule has 1 unspecified atom stereocenters. The van der Waals surface area contributed by atoms with Gasteiger partial charge in [0.2, 0.25) is 0 Å². The second-order valence-corrected chi connectivity index (χ2v) is 4.26. The van der Waals surface area contributed by atoms with Gasteiger partial charge in [-0.15, -0.1) is 0 Å². The minimum Gasteiger partial charge on any atom is -0.387 e. The van der Waals surface area contributed by atoms with Gasteiger partial charge in [-0.1, -0.05) is 24.3 Å². The van der Waals surface area contributed by atoms with Crippen LogP contribution in [0.4, 0.5) is 10.1 Å². The maximum atomic E-state index is 12.7. The fraction of sp³-hybridized carbons (Fsp3) is 0.200. The van der Waals surface area contributed by atoms with Gasteiger partial charge in [0.1, 0.15) is 5.82 Å². The van der Waals surface area contributed by atoms with Gasteiger partial charge in [0, 0.05) is 12.2 Å². The molecule has 0 aliphatic rings. The molecule has 0 aromatic heterocycles. The molecule has 1 atom stereocenters. The van der Waals surface area contributed by atoms with Crippen LogP contribution in [0.2, 0.25) is 0 Å². The number of nitrogens with one attached hydrogen (secondary N) is 1. The van der Waals surface area contributed by atoms with Crippen LogP contribution in [0.5, 0.6) is 0 Å². The second kappa shape index (κ2) is 5.65. The van der Waals surface area contributed by atoms with E-state index in [0.717, 1.165) is 16.8 Å². The molecule has 0 aliphatic carbocycles. The van der Waals surface area contributed by atoms with E-state index in [1.807, 2.05) is 31.2 Å². The molecule has 0 bridgehead atoms. The lowest BCUT2D eigenvalue weighted by Gasteiger charge is -2.15. The highest BCUT2D eigenvalue weighted by molar-refractivity contribution is 5.43. The third kappa shape index (κ3) is 3.08. The van der Waals surface area contributed by atoms with Gasteiger partial charge in [0.25, 0.3) is 0 Å². The third-order valence-electron chi connectivity index (χ3n) is 2.89. The van der Waals surface area contributed by atoms with Crippen LogP contribution >= 0.6 is 0 Å². The topological polar surface area (TPSA) is 32.3 Å². The predicted molar refractivity (Wildman–Crippen MR) is 71.0 cm³/mol. The summed E-state index contributed by atoms with van der Waals surface area (Å²) in [7, 11) is 0. The van der Waals surface area contributed by atoms with Crippen molar-refractivity contribution in [2.24, 2.45) is 0 Å². The molecule has 2 rings (SSSR count). The van der Waals surface area contributed by atoms with E-state index in [1.54, 1.807) is 12.1 Å². The van der Waals surface area contributed by atoms with E-state index in [4.69, 9.17) is 0 Å². The molecule has 2 aromatic rings. The van der Waals surface area contributed by atoms with Crippen molar-refractivity contribution < 1.29 is 9.50 Å². The van der Waals surface area contributed by atoms with Crippen LogP contribution in [-0.2, 0) is 0 Å². The Labute approximate surface area is 106 Å². The van der Waals surface area contributed by atoms with Crippen LogP contribution in [0.1, 0.15) is 17.2 Å². The van der Waals surface area contributed by atoms with E-state index in [2.05, 4.69) is 5.32 Å². The van der Waals surface area contributed by atoms with Crippen molar-refractivity contribution in [1.82, 2.24) is 0 Å². The number of benzene rings is 2. The molecular weight excluding hydrogens is 229 g/mol. The van der Waals surface area contributed by atoms with Gasteiger partial charge in [-0.3, -0.25) is 0 Å². The maximum Gasteiger partial charge on any atom is 0.123 e. The number of hydrogen-bond acceptors (Lipinski definition) is 2. The van der Waals surface area contributed by atoms with Crippen LogP contribution in [-0.4, -0.2) is 11.7 Å². The third-order valence-corrected chi connectivity index (χ3v) is 2.89. The van der Waals surface area contributed by atoms with Crippen molar-refractivity contribution in [2.45, 2.75) is 13.0 Å². The van der Waals surface area contributed by atoms with E-state index in [1.165, 1.54) is 12.1 Å². The monoisotopic (exact) mass is 245 g/mol. The first-order valence-corrected chi connectivity index (χ1v) is 5.90. The van der Waals surface area contributed by atoms with Gasteiger partial charge in [0.15, 0.2) is 0 Å². The molecule has 0 heterocycles. The van der Waals surface area contributed by atoms with Crippen LogP contribution < -0.4 is 5.32 Å². The summed E-state index contributed by atoms with van der Waals surface area (Å²) in [6, 6.07) is 13.8. The van der Waals surface area contributed by atoms with Crippen molar-refractivity contribution in [3.8, 4) is 0 Å². The lowest BCUT2D eigenvalue weighted by molar-refractivity contribution is 0.191. The Kier molecular flexibility index (Phi) is 3.95. The summed E-state index contributed by atoms with van der Waals surface area (Å²) in [6.07, 6.45) is -0.573. The first-order chi connectivity index (χ1) is 8.66. The van der Waals surface area contributed by atoms with Crippen molar-refractivity contribution in [3.63, 3.8) is 0 Å². The molecule has 94 valence electrons. The Bertz CT molecular complexity index is 510. The van der Waals surface area contributed by atoms with Crippen LogP contribution in [0, 0.1) is 12.7 Å². The van der Waals surface area contributed by atoms with Crippen LogP contribution in [0.15, 0.2) is 48.5 Å². The van der Waals surface area contributed by atoms with Crippen molar-refractivity contribution >= 4 is 5.69 Å². The van der Waals surface area contributed by atoms with Gasteiger partial charge in [0.05, 0.1) is 6.10 Å². The molecule has 0 saturated carbocycles. The Morgan fingerprint density at radius 2 is 1.78 bits per heavy atom. The van der Waals surface area contributed by atoms with Crippen LogP contribution in [0.25, 0.3) is 0 Å². The average Bonchev–Trinajstić information content (AvgIpc) is 2.38. The summed E-state index contributed by atoms with van der Waals surface area (Å²) >= 11 is 0. The van der Waals surface area contributed by atoms with E-state index in [0.29, 0.717) is 6.54 Å². The van der Waals surface area contributed by atoms with E-state index >= 15 is 0 Å². The van der Waals surface area contributed by atoms with Gasteiger partial charge < -0.3 is 10.4 Å². The average molecular weight is 245 g/mol. The molecule has 0 amide bonds. The number of halogens is 1. The van der Waals surface area contributed by atoms with E-state index < -0.39 is 6.10 Å². The molecule has 0 radical (unpaired) electrons. The highest BCUT2D eigenvalue weighted by Gasteiger charge is 2.09. The molecule has 3 heteroatoms. The lowest BCUT2D eigenvalue weighted by atomic mass is 10.0. The molecule has 18 heavy (non-hydrogen) atoms. The second-order valence-electron chi connectivity index (χ2n) is 4.26. The number of aryl methyl sites for hydroxylation is 1. The highest BCUT2D eigenvalue weighted by Crippen LogP contribution is 2.18. The normalized spacial score (nSPS) is 12.2. The fourth-order valence-electron chi connectivity index (χ4n) is 1.85. The molecule has 0 saturated heterocycles. The lowest BCUT2D eigenvalue weighted by Crippen LogP contribution is -2.13. The summed E-state index contributed by atoms with van der Waals surface area (Å²) in [5.74, 6) is -0.264. The first kappa shape index (κ1) is 12.6. The summed E-state index contributed by atoms with van der Waals surface area (Å²) in [5.41, 5.74) is 2.77. The Balaban J connectivity index is 1.98. The molecule has 2 aromatic carbocycles. The Morgan fingerprint density at radius 1 is 1.11 bits per heavy atom. The number of rotatable bonds is 4. The van der Waals surface area contributed by atoms with E-state index in [-0.39, 0.29) is 5.82 Å². The smallest absolute Gasteiger partial charge is 0.123 e. The number of anilines is 1. The van der Waals surface area contributed by atoms with Gasteiger partial charge in [-0.25, -0.2) is 4.39 Å².